The first kappa shape index (κ1) is 17.4. The molecular weight excluding hydrogens is 252 g/mol. The topological polar surface area (TPSA) is 130 Å². The van der Waals surface area contributed by atoms with E-state index in [0.717, 1.165) is 0 Å². The second-order valence-electron chi connectivity index (χ2n) is 5.57. The van der Waals surface area contributed by atoms with Gasteiger partial charge in [-0.3, -0.25) is 9.59 Å². The van der Waals surface area contributed by atoms with E-state index in [1.165, 1.54) is 0 Å². The third-order valence-electron chi connectivity index (χ3n) is 2.80. The maximum atomic E-state index is 11.7. The zero-order valence-corrected chi connectivity index (χ0v) is 11.5. The van der Waals surface area contributed by atoms with E-state index in [0.29, 0.717) is 0 Å². The second kappa shape index (κ2) is 7.08. The minimum Gasteiger partial charge on any atom is -0.481 e. The molecule has 7 nitrogen and oxygen atoms in total. The summed E-state index contributed by atoms with van der Waals surface area (Å²) in [6.07, 6.45) is -0.468. The van der Waals surface area contributed by atoms with Gasteiger partial charge in [0.2, 0.25) is 5.91 Å². The minimum absolute atomic E-state index is 0.000349. The van der Waals surface area contributed by atoms with Gasteiger partial charge in [-0.2, -0.15) is 0 Å². The third kappa shape index (κ3) is 7.40. The molecule has 0 heterocycles. The van der Waals surface area contributed by atoms with Gasteiger partial charge < -0.3 is 21.3 Å². The normalized spacial score (nSPS) is 14.5. The number of hydrogen-bond acceptors (Lipinski definition) is 4. The fourth-order valence-corrected chi connectivity index (χ4v) is 1.28. The molecule has 0 fully saturated rings. The van der Waals surface area contributed by atoms with Crippen LogP contribution in [0.3, 0.4) is 0 Å². The van der Waals surface area contributed by atoms with Crippen LogP contribution in [0, 0.1) is 5.41 Å². The Morgan fingerprint density at radius 2 is 1.74 bits per heavy atom. The average molecular weight is 274 g/mol. The van der Waals surface area contributed by atoms with E-state index in [1.807, 2.05) is 20.8 Å². The third-order valence-corrected chi connectivity index (χ3v) is 2.80. The van der Waals surface area contributed by atoms with Gasteiger partial charge in [-0.05, 0) is 11.8 Å². The monoisotopic (exact) mass is 274 g/mol. The van der Waals surface area contributed by atoms with Gasteiger partial charge in [0.1, 0.15) is 6.04 Å². The van der Waals surface area contributed by atoms with Gasteiger partial charge in [-0.15, -0.1) is 0 Å². The van der Waals surface area contributed by atoms with Gasteiger partial charge in [0.15, 0.2) is 0 Å². The van der Waals surface area contributed by atoms with Crippen molar-refractivity contribution >= 4 is 17.8 Å². The Balaban J connectivity index is 4.40. The lowest BCUT2D eigenvalue weighted by Gasteiger charge is -2.27. The van der Waals surface area contributed by atoms with Crippen molar-refractivity contribution in [2.24, 2.45) is 11.1 Å². The number of carboxylic acid groups (broad SMARTS) is 2. The van der Waals surface area contributed by atoms with Crippen molar-refractivity contribution in [1.82, 2.24) is 5.32 Å². The summed E-state index contributed by atoms with van der Waals surface area (Å²) in [5, 5.41) is 19.7. The van der Waals surface area contributed by atoms with Crippen LogP contribution in [0.2, 0.25) is 0 Å². The first-order valence-electron chi connectivity index (χ1n) is 6.03. The molecular formula is C12H22N2O5. The Morgan fingerprint density at radius 1 is 1.21 bits per heavy atom. The molecule has 5 N–H and O–H groups in total. The summed E-state index contributed by atoms with van der Waals surface area (Å²) in [5.41, 5.74) is 5.56. The molecule has 1 amide bonds. The summed E-state index contributed by atoms with van der Waals surface area (Å²) in [6.45, 7) is 5.64. The highest BCUT2D eigenvalue weighted by atomic mass is 16.4. The van der Waals surface area contributed by atoms with E-state index < -0.39 is 29.9 Å². The molecule has 0 aromatic rings. The fourth-order valence-electron chi connectivity index (χ4n) is 1.28. The highest BCUT2D eigenvalue weighted by Crippen LogP contribution is 2.19. The van der Waals surface area contributed by atoms with Crippen LogP contribution < -0.4 is 11.1 Å². The molecule has 19 heavy (non-hydrogen) atoms. The molecule has 0 aliphatic carbocycles. The largest absolute Gasteiger partial charge is 0.481 e. The van der Waals surface area contributed by atoms with Gasteiger partial charge in [-0.25, -0.2) is 4.79 Å². The zero-order valence-electron chi connectivity index (χ0n) is 11.5. The molecule has 0 bridgehead atoms. The summed E-state index contributed by atoms with van der Waals surface area (Å²) < 4.78 is 0. The van der Waals surface area contributed by atoms with Crippen LogP contribution in [0.1, 0.15) is 40.0 Å². The molecule has 0 saturated heterocycles. The number of carbonyl (C=O) groups excluding carboxylic acids is 1. The van der Waals surface area contributed by atoms with Gasteiger partial charge >= 0.3 is 11.9 Å². The van der Waals surface area contributed by atoms with Crippen LogP contribution >= 0.6 is 0 Å². The molecule has 2 unspecified atom stereocenters. The van der Waals surface area contributed by atoms with Crippen molar-refractivity contribution in [3.63, 3.8) is 0 Å². The first-order chi connectivity index (χ1) is 8.54. The highest BCUT2D eigenvalue weighted by Gasteiger charge is 2.26. The van der Waals surface area contributed by atoms with E-state index in [4.69, 9.17) is 15.9 Å². The van der Waals surface area contributed by atoms with Gasteiger partial charge in [0.05, 0.1) is 0 Å². The predicted molar refractivity (Wildman–Crippen MR) is 68.5 cm³/mol. The van der Waals surface area contributed by atoms with E-state index in [9.17, 15) is 14.4 Å². The fraction of sp³-hybridized carbons (Fsp3) is 0.750. The smallest absolute Gasteiger partial charge is 0.326 e. The average Bonchev–Trinajstić information content (AvgIpc) is 2.21. The summed E-state index contributed by atoms with van der Waals surface area (Å²) >= 11 is 0. The number of nitrogens with one attached hydrogen (secondary N) is 1. The molecule has 0 aliphatic rings. The summed E-state index contributed by atoms with van der Waals surface area (Å²) in [5.74, 6) is -2.84. The number of carbonyl (C=O) groups is 3. The quantitative estimate of drug-likeness (QED) is 0.524. The molecule has 0 aromatic carbocycles. The Hall–Kier alpha value is -1.63. The standard InChI is InChI=1S/C12H22N2O5/c1-12(2,3)8(13)6-9(15)14-7(11(18)19)4-5-10(16)17/h7-8H,4-6,13H2,1-3H3,(H,14,15)(H,16,17)(H,18,19). The Bertz CT molecular complexity index is 349. The molecule has 0 rings (SSSR count). The molecule has 110 valence electrons. The number of nitrogens with two attached hydrogens (primary N) is 1. The predicted octanol–water partition coefficient (Wildman–Crippen LogP) is 0.184. The highest BCUT2D eigenvalue weighted by molar-refractivity contribution is 5.84. The lowest BCUT2D eigenvalue weighted by molar-refractivity contribution is -0.143. The molecule has 0 aliphatic heterocycles. The van der Waals surface area contributed by atoms with E-state index in [-0.39, 0.29) is 24.7 Å². The van der Waals surface area contributed by atoms with Gasteiger partial charge in [0, 0.05) is 18.9 Å². The second-order valence-corrected chi connectivity index (χ2v) is 5.57. The molecule has 7 heteroatoms. The van der Waals surface area contributed by atoms with Crippen molar-refractivity contribution in [2.75, 3.05) is 0 Å². The van der Waals surface area contributed by atoms with Crippen LogP contribution in [0.5, 0.6) is 0 Å². The number of carboxylic acids is 2. The maximum absolute atomic E-state index is 11.7. The van der Waals surface area contributed by atoms with Crippen molar-refractivity contribution in [2.45, 2.75) is 52.1 Å². The van der Waals surface area contributed by atoms with Crippen LogP contribution in [-0.4, -0.2) is 40.1 Å². The number of amides is 1. The molecule has 2 atom stereocenters. The van der Waals surface area contributed by atoms with Crippen LogP contribution in [0.25, 0.3) is 0 Å². The lowest BCUT2D eigenvalue weighted by Crippen LogP contribution is -2.45. The molecule has 0 aromatic heterocycles. The minimum atomic E-state index is -1.25. The number of rotatable bonds is 7. The Labute approximate surface area is 112 Å². The Morgan fingerprint density at radius 3 is 2.11 bits per heavy atom. The number of hydrogen-bond donors (Lipinski definition) is 4. The molecule has 0 saturated carbocycles. The van der Waals surface area contributed by atoms with Crippen molar-refractivity contribution in [3.05, 3.63) is 0 Å². The van der Waals surface area contributed by atoms with E-state index >= 15 is 0 Å². The summed E-state index contributed by atoms with van der Waals surface area (Å²) in [6, 6.07) is -1.60. The summed E-state index contributed by atoms with van der Waals surface area (Å²) in [7, 11) is 0. The molecule has 0 spiro atoms. The van der Waals surface area contributed by atoms with Gasteiger partial charge in [-0.1, -0.05) is 20.8 Å². The molecule has 0 radical (unpaired) electrons. The summed E-state index contributed by atoms with van der Waals surface area (Å²) in [4.78, 5) is 32.9. The van der Waals surface area contributed by atoms with Gasteiger partial charge in [0.25, 0.3) is 0 Å². The number of aliphatic carboxylic acids is 2. The van der Waals surface area contributed by atoms with E-state index in [1.54, 1.807) is 0 Å². The zero-order chi connectivity index (χ0) is 15.2. The maximum Gasteiger partial charge on any atom is 0.326 e. The van der Waals surface area contributed by atoms with E-state index in [2.05, 4.69) is 5.32 Å². The van der Waals surface area contributed by atoms with Crippen molar-refractivity contribution in [3.8, 4) is 0 Å². The SMILES string of the molecule is CC(C)(C)C(N)CC(=O)NC(CCC(=O)O)C(=O)O. The van der Waals surface area contributed by atoms with Crippen molar-refractivity contribution < 1.29 is 24.6 Å². The van der Waals surface area contributed by atoms with Crippen LogP contribution in [0.4, 0.5) is 0 Å². The van der Waals surface area contributed by atoms with Crippen LogP contribution in [0.15, 0.2) is 0 Å². The Kier molecular flexibility index (Phi) is 6.47. The van der Waals surface area contributed by atoms with Crippen molar-refractivity contribution in [1.29, 1.82) is 0 Å². The van der Waals surface area contributed by atoms with Crippen LogP contribution in [-0.2, 0) is 14.4 Å². The first-order valence-corrected chi connectivity index (χ1v) is 6.03. The lowest BCUT2D eigenvalue weighted by atomic mass is 9.85.